The van der Waals surface area contributed by atoms with E-state index in [1.54, 1.807) is 41.3 Å². The summed E-state index contributed by atoms with van der Waals surface area (Å²) in [7, 11) is 3.05. The van der Waals surface area contributed by atoms with Crippen molar-refractivity contribution in [1.82, 2.24) is 0 Å². The first-order chi connectivity index (χ1) is 17.0. The third-order valence-electron chi connectivity index (χ3n) is 5.59. The van der Waals surface area contributed by atoms with Crippen LogP contribution in [0.2, 0.25) is 0 Å². The van der Waals surface area contributed by atoms with E-state index in [0.29, 0.717) is 53.8 Å². The van der Waals surface area contributed by atoms with Crippen LogP contribution in [-0.4, -0.2) is 45.8 Å². The third-order valence-corrected chi connectivity index (χ3v) is 5.59. The second kappa shape index (κ2) is 10.8. The molecular formula is C27H28N2O6. The summed E-state index contributed by atoms with van der Waals surface area (Å²) in [5.41, 5.74) is 2.70. The Bertz CT molecular complexity index is 1190. The highest BCUT2D eigenvalue weighted by atomic mass is 16.5. The van der Waals surface area contributed by atoms with Gasteiger partial charge in [-0.1, -0.05) is 17.7 Å². The van der Waals surface area contributed by atoms with Crippen LogP contribution < -0.4 is 29.2 Å². The van der Waals surface area contributed by atoms with E-state index in [1.807, 2.05) is 31.2 Å². The van der Waals surface area contributed by atoms with Gasteiger partial charge in [-0.05, 0) is 55.8 Å². The lowest BCUT2D eigenvalue weighted by Gasteiger charge is -2.30. The number of aryl methyl sites for hydroxylation is 1. The number of nitrogens with zero attached hydrogens (tertiary/aromatic N) is 1. The van der Waals surface area contributed by atoms with Crippen molar-refractivity contribution in [3.63, 3.8) is 0 Å². The van der Waals surface area contributed by atoms with Crippen LogP contribution >= 0.6 is 0 Å². The van der Waals surface area contributed by atoms with Crippen molar-refractivity contribution in [2.75, 3.05) is 44.2 Å². The van der Waals surface area contributed by atoms with Gasteiger partial charge in [-0.25, -0.2) is 0 Å². The minimum atomic E-state index is -0.330. The van der Waals surface area contributed by atoms with E-state index in [-0.39, 0.29) is 18.4 Å². The molecule has 8 heteroatoms. The zero-order valence-corrected chi connectivity index (χ0v) is 20.0. The third kappa shape index (κ3) is 5.84. The predicted molar refractivity (Wildman–Crippen MR) is 133 cm³/mol. The van der Waals surface area contributed by atoms with E-state index in [2.05, 4.69) is 5.32 Å². The number of hydrogen-bond acceptors (Lipinski definition) is 6. The summed E-state index contributed by atoms with van der Waals surface area (Å²) in [6.45, 7) is 2.93. The fraction of sp³-hybridized carbons (Fsp3) is 0.259. The maximum absolute atomic E-state index is 12.9. The monoisotopic (exact) mass is 476 g/mol. The molecule has 4 rings (SSSR count). The number of nitrogens with one attached hydrogen (secondary N) is 1. The van der Waals surface area contributed by atoms with E-state index in [9.17, 15) is 9.59 Å². The Morgan fingerprint density at radius 3 is 2.37 bits per heavy atom. The first-order valence-corrected chi connectivity index (χ1v) is 11.3. The second-order valence-corrected chi connectivity index (χ2v) is 8.09. The number of amides is 2. The number of fused-ring (bicyclic) bond motifs is 1. The SMILES string of the molecule is COc1cc(OC)cc(C(=O)Nc2ccc3c(c2)N(CCCOc2ccc(C)cc2)C(=O)CO3)c1. The average molecular weight is 477 g/mol. The van der Waals surface area contributed by atoms with Crippen molar-refractivity contribution >= 4 is 23.2 Å². The molecule has 1 aliphatic heterocycles. The number of hydrogen-bond donors (Lipinski definition) is 1. The number of carbonyl (C=O) groups excluding carboxylic acids is 2. The Morgan fingerprint density at radius 1 is 0.971 bits per heavy atom. The van der Waals surface area contributed by atoms with Crippen LogP contribution in [0.15, 0.2) is 60.7 Å². The van der Waals surface area contributed by atoms with Crippen LogP contribution in [0.1, 0.15) is 22.3 Å². The van der Waals surface area contributed by atoms with Crippen LogP contribution in [-0.2, 0) is 4.79 Å². The zero-order chi connectivity index (χ0) is 24.8. The van der Waals surface area contributed by atoms with Crippen molar-refractivity contribution in [2.45, 2.75) is 13.3 Å². The maximum atomic E-state index is 12.9. The largest absolute Gasteiger partial charge is 0.497 e. The van der Waals surface area contributed by atoms with Gasteiger partial charge in [0.25, 0.3) is 11.8 Å². The van der Waals surface area contributed by atoms with Gasteiger partial charge >= 0.3 is 0 Å². The number of benzene rings is 3. The summed E-state index contributed by atoms with van der Waals surface area (Å²) >= 11 is 0. The smallest absolute Gasteiger partial charge is 0.265 e. The molecule has 3 aromatic rings. The van der Waals surface area contributed by atoms with Gasteiger partial charge in [0.1, 0.15) is 23.0 Å². The van der Waals surface area contributed by atoms with E-state index in [0.717, 1.165) is 5.75 Å². The van der Waals surface area contributed by atoms with Crippen molar-refractivity contribution in [2.24, 2.45) is 0 Å². The van der Waals surface area contributed by atoms with Gasteiger partial charge in [0.05, 0.1) is 26.5 Å². The first-order valence-electron chi connectivity index (χ1n) is 11.3. The number of carbonyl (C=O) groups is 2. The Labute approximate surface area is 204 Å². The minimum Gasteiger partial charge on any atom is -0.497 e. The highest BCUT2D eigenvalue weighted by Crippen LogP contribution is 2.35. The van der Waals surface area contributed by atoms with E-state index < -0.39 is 0 Å². The van der Waals surface area contributed by atoms with Crippen LogP contribution in [0.25, 0.3) is 0 Å². The molecule has 0 bridgehead atoms. The van der Waals surface area contributed by atoms with Crippen molar-refractivity contribution in [3.8, 4) is 23.0 Å². The quantitative estimate of drug-likeness (QED) is 0.459. The number of methoxy groups -OCH3 is 2. The summed E-state index contributed by atoms with van der Waals surface area (Å²) in [5, 5.41) is 2.87. The standard InChI is InChI=1S/C27H28N2O6/c1-18-5-8-21(9-6-18)34-12-4-11-29-24-15-20(7-10-25(24)35-17-26(29)30)28-27(31)19-13-22(32-2)16-23(14-19)33-3/h5-10,13-16H,4,11-12,17H2,1-3H3,(H,28,31). The molecule has 0 atom stereocenters. The molecule has 3 aromatic carbocycles. The first kappa shape index (κ1) is 23.9. The lowest BCUT2D eigenvalue weighted by molar-refractivity contribution is -0.121. The van der Waals surface area contributed by atoms with E-state index in [1.165, 1.54) is 19.8 Å². The number of anilines is 2. The Morgan fingerprint density at radius 2 is 1.69 bits per heavy atom. The number of ether oxygens (including phenoxy) is 4. The molecule has 0 aromatic heterocycles. The van der Waals surface area contributed by atoms with Crippen molar-refractivity contribution < 1.29 is 28.5 Å². The molecular weight excluding hydrogens is 448 g/mol. The van der Waals surface area contributed by atoms with Crippen LogP contribution in [0.5, 0.6) is 23.0 Å². The summed E-state index contributed by atoms with van der Waals surface area (Å²) in [4.78, 5) is 27.1. The Balaban J connectivity index is 1.44. The van der Waals surface area contributed by atoms with E-state index >= 15 is 0 Å². The van der Waals surface area contributed by atoms with Gasteiger partial charge in [-0.3, -0.25) is 9.59 Å². The van der Waals surface area contributed by atoms with Crippen LogP contribution in [0, 0.1) is 6.92 Å². The van der Waals surface area contributed by atoms with Gasteiger partial charge in [0, 0.05) is 23.9 Å². The molecule has 0 spiro atoms. The Kier molecular flexibility index (Phi) is 7.40. The normalized spacial score (nSPS) is 12.4. The van der Waals surface area contributed by atoms with Crippen molar-refractivity contribution in [1.29, 1.82) is 0 Å². The molecule has 0 saturated heterocycles. The topological polar surface area (TPSA) is 86.3 Å². The van der Waals surface area contributed by atoms with Gasteiger partial charge in [0.2, 0.25) is 0 Å². The molecule has 0 unspecified atom stereocenters. The predicted octanol–water partition coefficient (Wildman–Crippen LogP) is 4.46. The molecule has 0 radical (unpaired) electrons. The van der Waals surface area contributed by atoms with Crippen LogP contribution in [0.4, 0.5) is 11.4 Å². The second-order valence-electron chi connectivity index (χ2n) is 8.09. The molecule has 182 valence electrons. The maximum Gasteiger partial charge on any atom is 0.265 e. The molecule has 0 saturated carbocycles. The molecule has 0 aliphatic carbocycles. The summed E-state index contributed by atoms with van der Waals surface area (Å²) in [6.07, 6.45) is 0.638. The lowest BCUT2D eigenvalue weighted by Crippen LogP contribution is -2.39. The zero-order valence-electron chi connectivity index (χ0n) is 20.0. The Hall–Kier alpha value is -4.20. The van der Waals surface area contributed by atoms with Crippen molar-refractivity contribution in [3.05, 3.63) is 71.8 Å². The highest BCUT2D eigenvalue weighted by Gasteiger charge is 2.26. The molecule has 2 amide bonds. The molecule has 35 heavy (non-hydrogen) atoms. The lowest BCUT2D eigenvalue weighted by atomic mass is 10.1. The fourth-order valence-corrected chi connectivity index (χ4v) is 3.71. The summed E-state index contributed by atoms with van der Waals surface area (Å²) < 4.78 is 21.9. The molecule has 1 heterocycles. The average Bonchev–Trinajstić information content (AvgIpc) is 2.88. The molecule has 1 N–H and O–H groups in total. The molecule has 8 nitrogen and oxygen atoms in total. The number of rotatable bonds is 9. The molecule has 1 aliphatic rings. The van der Waals surface area contributed by atoms with Crippen LogP contribution in [0.3, 0.4) is 0 Å². The summed E-state index contributed by atoms with van der Waals surface area (Å²) in [6, 6.07) is 18.0. The summed E-state index contributed by atoms with van der Waals surface area (Å²) in [5.74, 6) is 1.93. The fourth-order valence-electron chi connectivity index (χ4n) is 3.71. The minimum absolute atomic E-state index is 0.0267. The van der Waals surface area contributed by atoms with E-state index in [4.69, 9.17) is 18.9 Å². The van der Waals surface area contributed by atoms with Gasteiger partial charge in [0.15, 0.2) is 6.61 Å². The van der Waals surface area contributed by atoms with Gasteiger partial charge in [-0.15, -0.1) is 0 Å². The van der Waals surface area contributed by atoms with Gasteiger partial charge < -0.3 is 29.2 Å². The van der Waals surface area contributed by atoms with Gasteiger partial charge in [-0.2, -0.15) is 0 Å². The molecule has 0 fully saturated rings. The highest BCUT2D eigenvalue weighted by molar-refractivity contribution is 6.06.